The molecule has 0 N–H and O–H groups in total. The molecule has 1 nitrogen and oxygen atoms in total. The molecule has 0 unspecified atom stereocenters. The Balaban J connectivity index is 3.07. The van der Waals surface area contributed by atoms with Gasteiger partial charge in [-0.15, -0.1) is 0 Å². The largest absolute Gasteiger partial charge is 0.179 e. The molecule has 1 rings (SSSR count). The molecule has 0 fully saturated rings. The van der Waals surface area contributed by atoms with Crippen molar-refractivity contribution < 1.29 is 0 Å². The Morgan fingerprint density at radius 1 is 1.56 bits per heavy atom. The van der Waals surface area contributed by atoms with Crippen molar-refractivity contribution in [1.82, 2.24) is 4.37 Å². The second-order valence-electron chi connectivity index (χ2n) is 1.58. The summed E-state index contributed by atoms with van der Waals surface area (Å²) in [5.74, 6) is 0. The molecule has 0 aliphatic rings. The van der Waals surface area contributed by atoms with Crippen LogP contribution in [0.15, 0.2) is 0 Å². The van der Waals surface area contributed by atoms with Crippen LogP contribution in [0.1, 0.15) is 12.5 Å². The normalized spacial score (nSPS) is 10.1. The fourth-order valence-electron chi connectivity index (χ4n) is 0.556. The molecule has 0 atom stereocenters. The molecule has 0 bridgehead atoms. The second-order valence-corrected chi connectivity index (χ2v) is 3.31. The summed E-state index contributed by atoms with van der Waals surface area (Å²) >= 11 is 12.6. The molecule has 1 heterocycles. The maximum atomic E-state index is 5.72. The zero-order valence-corrected chi connectivity index (χ0v) is 7.15. The minimum atomic E-state index is 0.549. The van der Waals surface area contributed by atoms with Crippen LogP contribution in [-0.4, -0.2) is 4.37 Å². The van der Waals surface area contributed by atoms with Crippen LogP contribution >= 0.6 is 34.7 Å². The van der Waals surface area contributed by atoms with Crippen LogP contribution in [0.5, 0.6) is 0 Å². The van der Waals surface area contributed by atoms with E-state index in [-0.39, 0.29) is 0 Å². The van der Waals surface area contributed by atoms with E-state index >= 15 is 0 Å². The number of rotatable bonds is 1. The summed E-state index contributed by atoms with van der Waals surface area (Å²) in [5, 5.41) is 0.549. The smallest absolute Gasteiger partial charge is 0.147 e. The number of hydrogen-bond acceptors (Lipinski definition) is 2. The maximum absolute atomic E-state index is 5.72. The van der Waals surface area contributed by atoms with Gasteiger partial charge in [0.2, 0.25) is 0 Å². The summed E-state index contributed by atoms with van der Waals surface area (Å²) in [6.07, 6.45) is 0.855. The molecule has 0 amide bonds. The Bertz CT molecular complexity index is 189. The molecule has 1 aromatic rings. The minimum absolute atomic E-state index is 0.549. The molecule has 50 valence electrons. The van der Waals surface area contributed by atoms with Crippen LogP contribution in [-0.2, 0) is 6.42 Å². The number of hydrogen-bond donors (Lipinski definition) is 0. The first-order valence-electron chi connectivity index (χ1n) is 2.55. The van der Waals surface area contributed by atoms with E-state index in [1.54, 1.807) is 0 Å². The Hall–Kier alpha value is 0.210. The average Bonchev–Trinajstić information content (AvgIpc) is 2.12. The van der Waals surface area contributed by atoms with Crippen molar-refractivity contribution in [3.05, 3.63) is 15.1 Å². The van der Waals surface area contributed by atoms with Crippen LogP contribution in [0.4, 0.5) is 0 Å². The van der Waals surface area contributed by atoms with Crippen molar-refractivity contribution in [2.45, 2.75) is 13.3 Å². The van der Waals surface area contributed by atoms with Crippen molar-refractivity contribution in [3.8, 4) is 0 Å². The summed E-state index contributed by atoms with van der Waals surface area (Å²) in [5.41, 5.74) is 0.961. The number of nitrogens with zero attached hydrogens (tertiary/aromatic N) is 1. The summed E-state index contributed by atoms with van der Waals surface area (Å²) in [6, 6.07) is 0. The minimum Gasteiger partial charge on any atom is -0.179 e. The third-order valence-corrected chi connectivity index (χ3v) is 2.57. The summed E-state index contributed by atoms with van der Waals surface area (Å²) in [6.45, 7) is 2.00. The predicted octanol–water partition coefficient (Wildman–Crippen LogP) is 3.01. The Morgan fingerprint density at radius 2 is 2.22 bits per heavy atom. The zero-order chi connectivity index (χ0) is 6.85. The highest BCUT2D eigenvalue weighted by Gasteiger charge is 2.06. The van der Waals surface area contributed by atoms with E-state index in [0.717, 1.165) is 12.0 Å². The number of halogens is 2. The van der Waals surface area contributed by atoms with Gasteiger partial charge in [-0.05, 0) is 18.0 Å². The topological polar surface area (TPSA) is 12.9 Å². The van der Waals surface area contributed by atoms with E-state index in [9.17, 15) is 0 Å². The van der Waals surface area contributed by atoms with Gasteiger partial charge in [-0.2, -0.15) is 4.37 Å². The van der Waals surface area contributed by atoms with Gasteiger partial charge in [0, 0.05) is 5.56 Å². The van der Waals surface area contributed by atoms with Crippen molar-refractivity contribution in [3.63, 3.8) is 0 Å². The van der Waals surface area contributed by atoms with E-state index in [4.69, 9.17) is 23.2 Å². The van der Waals surface area contributed by atoms with E-state index in [0.29, 0.717) is 9.49 Å². The molecule has 0 spiro atoms. The van der Waals surface area contributed by atoms with Crippen LogP contribution in [0.2, 0.25) is 9.49 Å². The summed E-state index contributed by atoms with van der Waals surface area (Å²) in [4.78, 5) is 0. The Kier molecular flexibility index (Phi) is 2.33. The first-order chi connectivity index (χ1) is 4.25. The van der Waals surface area contributed by atoms with E-state index in [1.165, 1.54) is 11.5 Å². The van der Waals surface area contributed by atoms with Crippen molar-refractivity contribution in [1.29, 1.82) is 0 Å². The van der Waals surface area contributed by atoms with Gasteiger partial charge in [-0.25, -0.2) is 0 Å². The number of aromatic nitrogens is 1. The van der Waals surface area contributed by atoms with Gasteiger partial charge < -0.3 is 0 Å². The second kappa shape index (κ2) is 2.86. The van der Waals surface area contributed by atoms with Gasteiger partial charge in [-0.1, -0.05) is 30.1 Å². The molecule has 0 saturated heterocycles. The molecule has 1 aromatic heterocycles. The summed E-state index contributed by atoms with van der Waals surface area (Å²) in [7, 11) is 0. The third-order valence-electron chi connectivity index (χ3n) is 1.05. The van der Waals surface area contributed by atoms with Gasteiger partial charge in [0.1, 0.15) is 9.49 Å². The molecule has 9 heavy (non-hydrogen) atoms. The fraction of sp³-hybridized carbons (Fsp3) is 0.400. The predicted molar refractivity (Wildman–Crippen MR) is 41.5 cm³/mol. The van der Waals surface area contributed by atoms with Crippen molar-refractivity contribution >= 4 is 34.7 Å². The maximum Gasteiger partial charge on any atom is 0.147 e. The molecular formula is C5H5Cl2NS. The van der Waals surface area contributed by atoms with Gasteiger partial charge in [0.05, 0.1) is 0 Å². The van der Waals surface area contributed by atoms with E-state index in [1.807, 2.05) is 6.92 Å². The fourth-order valence-corrected chi connectivity index (χ4v) is 1.94. The van der Waals surface area contributed by atoms with Crippen LogP contribution in [0.3, 0.4) is 0 Å². The SMILES string of the molecule is CCc1c(Cl)nsc1Cl. The first-order valence-corrected chi connectivity index (χ1v) is 4.08. The van der Waals surface area contributed by atoms with E-state index in [2.05, 4.69) is 4.37 Å². The van der Waals surface area contributed by atoms with Crippen molar-refractivity contribution in [2.24, 2.45) is 0 Å². The molecule has 0 aliphatic carbocycles. The van der Waals surface area contributed by atoms with Crippen LogP contribution < -0.4 is 0 Å². The quantitative estimate of drug-likeness (QED) is 0.650. The van der Waals surface area contributed by atoms with Crippen LogP contribution in [0.25, 0.3) is 0 Å². The summed E-state index contributed by atoms with van der Waals surface area (Å²) < 4.78 is 4.57. The highest BCUT2D eigenvalue weighted by atomic mass is 35.5. The molecule has 0 aliphatic heterocycles. The highest BCUT2D eigenvalue weighted by Crippen LogP contribution is 2.27. The Labute approximate surface area is 67.8 Å². The zero-order valence-electron chi connectivity index (χ0n) is 4.82. The molecule has 4 heteroatoms. The molecular weight excluding hydrogens is 177 g/mol. The standard InChI is InChI=1S/C5H5Cl2NS/c1-2-3-4(6)8-9-5(3)7/h2H2,1H3. The lowest BCUT2D eigenvalue weighted by molar-refractivity contribution is 1.14. The lowest BCUT2D eigenvalue weighted by Crippen LogP contribution is -1.75. The monoisotopic (exact) mass is 181 g/mol. The van der Waals surface area contributed by atoms with Gasteiger partial charge in [0.15, 0.2) is 0 Å². The molecule has 0 aromatic carbocycles. The lowest BCUT2D eigenvalue weighted by atomic mass is 10.3. The van der Waals surface area contributed by atoms with Gasteiger partial charge >= 0.3 is 0 Å². The van der Waals surface area contributed by atoms with Crippen molar-refractivity contribution in [2.75, 3.05) is 0 Å². The van der Waals surface area contributed by atoms with Gasteiger partial charge in [0.25, 0.3) is 0 Å². The van der Waals surface area contributed by atoms with Gasteiger partial charge in [-0.3, -0.25) is 0 Å². The van der Waals surface area contributed by atoms with E-state index < -0.39 is 0 Å². The highest BCUT2D eigenvalue weighted by molar-refractivity contribution is 7.11. The lowest BCUT2D eigenvalue weighted by Gasteiger charge is -1.87. The average molecular weight is 182 g/mol. The molecule has 0 radical (unpaired) electrons. The third kappa shape index (κ3) is 1.37. The van der Waals surface area contributed by atoms with Crippen LogP contribution in [0, 0.1) is 0 Å². The molecule has 0 saturated carbocycles. The Morgan fingerprint density at radius 3 is 2.44 bits per heavy atom. The first kappa shape index (κ1) is 7.32.